The van der Waals surface area contributed by atoms with Crippen molar-refractivity contribution in [2.45, 2.75) is 80.6 Å². The SMILES string of the molecule is CCCC1=C(C)c2cc3[nH]c(cc4nc(cc5[nH]c(cc1n2)c(CCC=O)c5C)C(C)=C4C)c(CC)c3C. The van der Waals surface area contributed by atoms with Crippen LogP contribution in [0.3, 0.4) is 0 Å². The molecule has 0 saturated carbocycles. The van der Waals surface area contributed by atoms with E-state index in [1.54, 1.807) is 0 Å². The highest BCUT2D eigenvalue weighted by Crippen LogP contribution is 2.36. The van der Waals surface area contributed by atoms with Crippen molar-refractivity contribution < 1.29 is 4.79 Å². The summed E-state index contributed by atoms with van der Waals surface area (Å²) in [6.07, 6.45) is 5.16. The lowest BCUT2D eigenvalue weighted by Gasteiger charge is -2.02. The Morgan fingerprint density at radius 2 is 1.16 bits per heavy atom. The van der Waals surface area contributed by atoms with Gasteiger partial charge in [0.25, 0.3) is 0 Å². The molecule has 0 aliphatic carbocycles. The Hall–Kier alpha value is -3.73. The van der Waals surface area contributed by atoms with Gasteiger partial charge in [-0.25, -0.2) is 9.97 Å². The molecule has 5 rings (SSSR count). The predicted octanol–water partition coefficient (Wildman–Crippen LogP) is 8.31. The Balaban J connectivity index is 1.96. The van der Waals surface area contributed by atoms with Gasteiger partial charge in [-0.2, -0.15) is 0 Å². The molecule has 0 radical (unpaired) electrons. The van der Waals surface area contributed by atoms with Crippen LogP contribution in [0.4, 0.5) is 0 Å². The van der Waals surface area contributed by atoms with E-state index in [2.05, 4.69) is 82.7 Å². The molecule has 0 fully saturated rings. The molecule has 5 heterocycles. The first kappa shape index (κ1) is 25.9. The van der Waals surface area contributed by atoms with E-state index < -0.39 is 0 Å². The Morgan fingerprint density at radius 3 is 1.74 bits per heavy atom. The molecule has 38 heavy (non-hydrogen) atoms. The minimum atomic E-state index is 0.493. The minimum absolute atomic E-state index is 0.493. The van der Waals surface area contributed by atoms with Gasteiger partial charge in [-0.15, -0.1) is 0 Å². The Labute approximate surface area is 225 Å². The van der Waals surface area contributed by atoms with E-state index in [1.807, 2.05) is 0 Å². The Morgan fingerprint density at radius 1 is 0.658 bits per heavy atom. The summed E-state index contributed by atoms with van der Waals surface area (Å²) in [7, 11) is 0. The average Bonchev–Trinajstić information content (AvgIpc) is 3.54. The average molecular weight is 507 g/mol. The van der Waals surface area contributed by atoms with E-state index in [0.717, 1.165) is 76.0 Å². The smallest absolute Gasteiger partial charge is 0.120 e. The Bertz CT molecular complexity index is 1680. The Kier molecular flexibility index (Phi) is 6.95. The predicted molar refractivity (Wildman–Crippen MR) is 160 cm³/mol. The molecule has 3 aromatic heterocycles. The summed E-state index contributed by atoms with van der Waals surface area (Å²) in [6, 6.07) is 8.75. The van der Waals surface area contributed by atoms with Crippen molar-refractivity contribution in [3.05, 3.63) is 69.3 Å². The highest BCUT2D eigenvalue weighted by Gasteiger charge is 2.19. The van der Waals surface area contributed by atoms with Gasteiger partial charge in [0.1, 0.15) is 6.29 Å². The van der Waals surface area contributed by atoms with Crippen molar-refractivity contribution in [2.24, 2.45) is 0 Å². The van der Waals surface area contributed by atoms with Gasteiger partial charge in [-0.3, -0.25) is 0 Å². The number of fused-ring (bicyclic) bond motifs is 8. The number of carbonyl (C=O) groups excluding carboxylic acids is 1. The van der Waals surface area contributed by atoms with Crippen LogP contribution in [0, 0.1) is 13.8 Å². The minimum Gasteiger partial charge on any atom is -0.355 e. The summed E-state index contributed by atoms with van der Waals surface area (Å²) in [5.41, 5.74) is 18.1. The molecule has 5 heteroatoms. The summed E-state index contributed by atoms with van der Waals surface area (Å²) in [5.74, 6) is 0. The number of nitrogens with zero attached hydrogens (tertiary/aromatic N) is 2. The zero-order valence-electron chi connectivity index (χ0n) is 23.7. The van der Waals surface area contributed by atoms with E-state index in [1.165, 1.54) is 39.0 Å². The number of carbonyl (C=O) groups is 1. The first-order chi connectivity index (χ1) is 18.3. The summed E-state index contributed by atoms with van der Waals surface area (Å²) < 4.78 is 0. The van der Waals surface area contributed by atoms with Gasteiger partial charge < -0.3 is 14.8 Å². The molecule has 0 amide bonds. The zero-order chi connectivity index (χ0) is 27.1. The fourth-order valence-corrected chi connectivity index (χ4v) is 5.84. The van der Waals surface area contributed by atoms with Gasteiger partial charge in [0, 0.05) is 28.5 Å². The summed E-state index contributed by atoms with van der Waals surface area (Å²) in [5, 5.41) is 0. The number of rotatable bonds is 6. The summed E-state index contributed by atoms with van der Waals surface area (Å²) in [6.45, 7) is 15.2. The van der Waals surface area contributed by atoms with E-state index >= 15 is 0 Å². The third-order valence-corrected chi connectivity index (χ3v) is 8.35. The normalized spacial score (nSPS) is 13.6. The lowest BCUT2D eigenvalue weighted by atomic mass is 10.0. The lowest BCUT2D eigenvalue weighted by molar-refractivity contribution is -0.107. The number of hydrogen-bond donors (Lipinski definition) is 2. The van der Waals surface area contributed by atoms with Crippen LogP contribution in [0.15, 0.2) is 24.3 Å². The second-order valence-electron chi connectivity index (χ2n) is 10.6. The summed E-state index contributed by atoms with van der Waals surface area (Å²) in [4.78, 5) is 28.9. The molecular formula is C33H38N4O. The number of hydrogen-bond acceptors (Lipinski definition) is 3. The van der Waals surface area contributed by atoms with Gasteiger partial charge in [-0.1, -0.05) is 20.3 Å². The maximum atomic E-state index is 11.3. The fourth-order valence-electron chi connectivity index (χ4n) is 5.84. The van der Waals surface area contributed by atoms with Crippen LogP contribution in [0.5, 0.6) is 0 Å². The molecule has 0 atom stereocenters. The second kappa shape index (κ2) is 10.2. The quantitative estimate of drug-likeness (QED) is 0.330. The van der Waals surface area contributed by atoms with E-state index in [-0.39, 0.29) is 0 Å². The van der Waals surface area contributed by atoms with E-state index in [0.29, 0.717) is 12.8 Å². The third-order valence-electron chi connectivity index (χ3n) is 8.35. The largest absolute Gasteiger partial charge is 0.355 e. The molecule has 2 aliphatic heterocycles. The van der Waals surface area contributed by atoms with Gasteiger partial charge in [-0.05, 0) is 123 Å². The molecular weight excluding hydrogens is 468 g/mol. The van der Waals surface area contributed by atoms with Crippen molar-refractivity contribution in [1.29, 1.82) is 0 Å². The molecule has 0 unspecified atom stereocenters. The highest BCUT2D eigenvalue weighted by molar-refractivity contribution is 5.94. The second-order valence-corrected chi connectivity index (χ2v) is 10.6. The van der Waals surface area contributed by atoms with Crippen LogP contribution in [-0.4, -0.2) is 26.2 Å². The van der Waals surface area contributed by atoms with Crippen molar-refractivity contribution in [3.63, 3.8) is 0 Å². The van der Waals surface area contributed by atoms with E-state index in [4.69, 9.17) is 9.97 Å². The van der Waals surface area contributed by atoms with Crippen LogP contribution in [0.2, 0.25) is 0 Å². The van der Waals surface area contributed by atoms with Crippen LogP contribution in [0.1, 0.15) is 98.9 Å². The fraction of sp³-hybridized carbons (Fsp3) is 0.364. The number of aromatic amines is 2. The van der Waals surface area contributed by atoms with Crippen molar-refractivity contribution >= 4 is 50.6 Å². The molecule has 5 nitrogen and oxygen atoms in total. The first-order valence-corrected chi connectivity index (χ1v) is 13.8. The van der Waals surface area contributed by atoms with Gasteiger partial charge >= 0.3 is 0 Å². The van der Waals surface area contributed by atoms with Crippen molar-refractivity contribution in [3.8, 4) is 0 Å². The number of aldehydes is 1. The number of H-pyrrole nitrogens is 2. The molecule has 2 aliphatic rings. The van der Waals surface area contributed by atoms with Crippen LogP contribution < -0.4 is 0 Å². The van der Waals surface area contributed by atoms with Crippen LogP contribution in [0.25, 0.3) is 44.4 Å². The molecule has 0 spiro atoms. The topological polar surface area (TPSA) is 74.4 Å². The lowest BCUT2D eigenvalue weighted by Crippen LogP contribution is -1.88. The number of allylic oxidation sites excluding steroid dienone is 4. The first-order valence-electron chi connectivity index (χ1n) is 13.8. The number of aromatic nitrogens is 4. The number of aryl methyl sites for hydroxylation is 4. The maximum absolute atomic E-state index is 11.3. The molecule has 3 aromatic rings. The highest BCUT2D eigenvalue weighted by atomic mass is 16.1. The van der Waals surface area contributed by atoms with Crippen LogP contribution in [-0.2, 0) is 17.6 Å². The van der Waals surface area contributed by atoms with E-state index in [9.17, 15) is 4.79 Å². The zero-order valence-corrected chi connectivity index (χ0v) is 23.7. The van der Waals surface area contributed by atoms with Gasteiger partial charge in [0.2, 0.25) is 0 Å². The van der Waals surface area contributed by atoms with Gasteiger partial charge in [0.05, 0.1) is 22.8 Å². The molecule has 0 saturated heterocycles. The van der Waals surface area contributed by atoms with Crippen LogP contribution >= 0.6 is 0 Å². The number of nitrogens with one attached hydrogen (secondary N) is 2. The summed E-state index contributed by atoms with van der Waals surface area (Å²) >= 11 is 0. The van der Waals surface area contributed by atoms with Crippen molar-refractivity contribution in [2.75, 3.05) is 0 Å². The molecule has 2 N–H and O–H groups in total. The maximum Gasteiger partial charge on any atom is 0.120 e. The monoisotopic (exact) mass is 506 g/mol. The molecule has 196 valence electrons. The standard InChI is InChI=1S/C33H38N4O/c1-8-11-24-21(6)30-15-28-20(5)23(9-2)31(35-28)16-27-19(4)18(3)26(34-27)14-29-22(7)25(12-10-13-38)33(37-29)17-32(24)36-30/h13-17,35,37H,8-12H2,1-7H3. The van der Waals surface area contributed by atoms with Crippen molar-refractivity contribution in [1.82, 2.24) is 19.9 Å². The molecule has 0 aromatic carbocycles. The van der Waals surface area contributed by atoms with Gasteiger partial charge in [0.15, 0.2) is 0 Å². The molecule has 8 bridgehead atoms. The third kappa shape index (κ3) is 4.34.